The van der Waals surface area contributed by atoms with Crippen molar-refractivity contribution in [2.75, 3.05) is 19.7 Å². The van der Waals surface area contributed by atoms with E-state index in [1.165, 1.54) is 25.7 Å². The molecule has 2 aliphatic rings. The number of hydrogen-bond donors (Lipinski definition) is 1. The van der Waals surface area contributed by atoms with E-state index < -0.39 is 0 Å². The van der Waals surface area contributed by atoms with Gasteiger partial charge in [0.05, 0.1) is 6.61 Å². The minimum Gasteiger partial charge on any atom is -0.465 e. The molecule has 17 heavy (non-hydrogen) atoms. The summed E-state index contributed by atoms with van der Waals surface area (Å²) in [6.45, 7) is 6.32. The maximum absolute atomic E-state index is 11.9. The van der Waals surface area contributed by atoms with Crippen LogP contribution in [0.3, 0.4) is 0 Å². The Morgan fingerprint density at radius 1 is 1.35 bits per heavy atom. The zero-order valence-corrected chi connectivity index (χ0v) is 10.9. The van der Waals surface area contributed by atoms with E-state index in [4.69, 9.17) is 4.74 Å². The van der Waals surface area contributed by atoms with Crippen molar-refractivity contribution in [3.8, 4) is 0 Å². The third kappa shape index (κ3) is 3.96. The highest BCUT2D eigenvalue weighted by molar-refractivity contribution is 5.76. The molecule has 2 fully saturated rings. The lowest BCUT2D eigenvalue weighted by Gasteiger charge is -2.25. The number of nitrogens with zero attached hydrogens (tertiary/aromatic N) is 1. The molecule has 0 amide bonds. The maximum Gasteiger partial charge on any atom is 0.324 e. The maximum atomic E-state index is 11.9. The summed E-state index contributed by atoms with van der Waals surface area (Å²) in [6, 6.07) is 1.11. The molecule has 1 atom stereocenters. The minimum absolute atomic E-state index is 0.0847. The van der Waals surface area contributed by atoms with Gasteiger partial charge in [-0.05, 0) is 39.2 Å². The Morgan fingerprint density at radius 3 is 2.53 bits per heavy atom. The van der Waals surface area contributed by atoms with Crippen LogP contribution in [0.2, 0.25) is 0 Å². The average molecular weight is 240 g/mol. The Labute approximate surface area is 104 Å². The first-order valence-corrected chi connectivity index (χ1v) is 6.91. The standard InChI is InChI=1S/C13H24N2O2/c1-3-15(11-7-8-11)9-12(13(16)17-4-2)14-10-5-6-10/h10-12,14H,3-9H2,1-2H3. The van der Waals surface area contributed by atoms with Gasteiger partial charge in [0.25, 0.3) is 0 Å². The molecule has 0 heterocycles. The normalized spacial score (nSPS) is 21.6. The molecular weight excluding hydrogens is 216 g/mol. The molecule has 2 aliphatic carbocycles. The fourth-order valence-electron chi connectivity index (χ4n) is 2.18. The third-order valence-electron chi connectivity index (χ3n) is 3.47. The molecule has 0 aromatic rings. The first-order chi connectivity index (χ1) is 8.24. The molecule has 2 saturated carbocycles. The smallest absolute Gasteiger partial charge is 0.324 e. The molecule has 0 aromatic heterocycles. The van der Waals surface area contributed by atoms with E-state index in [1.807, 2.05) is 6.92 Å². The second-order valence-electron chi connectivity index (χ2n) is 5.06. The van der Waals surface area contributed by atoms with Crippen molar-refractivity contribution >= 4 is 5.97 Å². The van der Waals surface area contributed by atoms with Gasteiger partial charge in [0.2, 0.25) is 0 Å². The second kappa shape index (κ2) is 5.83. The van der Waals surface area contributed by atoms with Gasteiger partial charge in [-0.25, -0.2) is 0 Å². The Kier molecular flexibility index (Phi) is 4.40. The van der Waals surface area contributed by atoms with E-state index in [0.717, 1.165) is 13.1 Å². The summed E-state index contributed by atoms with van der Waals surface area (Å²) < 4.78 is 5.15. The second-order valence-corrected chi connectivity index (χ2v) is 5.06. The lowest BCUT2D eigenvalue weighted by atomic mass is 10.2. The molecule has 0 aliphatic heterocycles. The van der Waals surface area contributed by atoms with Crippen molar-refractivity contribution in [3.63, 3.8) is 0 Å². The Hall–Kier alpha value is -0.610. The summed E-state index contributed by atoms with van der Waals surface area (Å²) in [5.41, 5.74) is 0. The van der Waals surface area contributed by atoms with Gasteiger partial charge in [-0.3, -0.25) is 9.69 Å². The SMILES string of the molecule is CCOC(=O)C(CN(CC)C1CC1)NC1CC1. The van der Waals surface area contributed by atoms with Crippen molar-refractivity contribution in [2.24, 2.45) is 0 Å². The highest BCUT2D eigenvalue weighted by Crippen LogP contribution is 2.27. The zero-order chi connectivity index (χ0) is 12.3. The number of likely N-dealkylation sites (N-methyl/N-ethyl adjacent to an activating group) is 1. The number of hydrogen-bond acceptors (Lipinski definition) is 4. The van der Waals surface area contributed by atoms with Gasteiger partial charge in [0.15, 0.2) is 0 Å². The Balaban J connectivity index is 1.85. The van der Waals surface area contributed by atoms with Crippen LogP contribution in [-0.4, -0.2) is 48.7 Å². The first kappa shape index (κ1) is 12.8. The van der Waals surface area contributed by atoms with Gasteiger partial charge in [-0.15, -0.1) is 0 Å². The van der Waals surface area contributed by atoms with Gasteiger partial charge in [0, 0.05) is 18.6 Å². The lowest BCUT2D eigenvalue weighted by Crippen LogP contribution is -2.48. The van der Waals surface area contributed by atoms with Crippen molar-refractivity contribution in [1.82, 2.24) is 10.2 Å². The number of esters is 1. The van der Waals surface area contributed by atoms with Crippen LogP contribution in [0.25, 0.3) is 0 Å². The Bertz CT molecular complexity index is 262. The predicted molar refractivity (Wildman–Crippen MR) is 66.8 cm³/mol. The predicted octanol–water partition coefficient (Wildman–Crippen LogP) is 1.15. The molecular formula is C13H24N2O2. The van der Waals surface area contributed by atoms with E-state index in [9.17, 15) is 4.79 Å². The van der Waals surface area contributed by atoms with Crippen LogP contribution < -0.4 is 5.32 Å². The third-order valence-corrected chi connectivity index (χ3v) is 3.47. The summed E-state index contributed by atoms with van der Waals surface area (Å²) >= 11 is 0. The molecule has 0 spiro atoms. The lowest BCUT2D eigenvalue weighted by molar-refractivity contribution is -0.146. The molecule has 0 aromatic carbocycles. The number of nitrogens with one attached hydrogen (secondary N) is 1. The monoisotopic (exact) mass is 240 g/mol. The molecule has 4 heteroatoms. The van der Waals surface area contributed by atoms with Crippen LogP contribution in [0.5, 0.6) is 0 Å². The molecule has 0 saturated heterocycles. The number of carbonyl (C=O) groups excluding carboxylic acids is 1. The van der Waals surface area contributed by atoms with Crippen LogP contribution in [0.4, 0.5) is 0 Å². The molecule has 0 bridgehead atoms. The number of rotatable bonds is 8. The average Bonchev–Trinajstić information content (AvgIpc) is 3.15. The molecule has 1 N–H and O–H groups in total. The fraction of sp³-hybridized carbons (Fsp3) is 0.923. The summed E-state index contributed by atoms with van der Waals surface area (Å²) in [6.07, 6.45) is 4.97. The van der Waals surface area contributed by atoms with Crippen LogP contribution >= 0.6 is 0 Å². The molecule has 1 unspecified atom stereocenters. The number of ether oxygens (including phenoxy) is 1. The first-order valence-electron chi connectivity index (χ1n) is 6.91. The van der Waals surface area contributed by atoms with Crippen LogP contribution in [0, 0.1) is 0 Å². The fourth-order valence-corrected chi connectivity index (χ4v) is 2.18. The van der Waals surface area contributed by atoms with Gasteiger partial charge >= 0.3 is 5.97 Å². The van der Waals surface area contributed by atoms with Gasteiger partial charge in [-0.2, -0.15) is 0 Å². The summed E-state index contributed by atoms with van der Waals surface area (Å²) in [7, 11) is 0. The van der Waals surface area contributed by atoms with Gasteiger partial charge < -0.3 is 10.1 Å². The van der Waals surface area contributed by atoms with Crippen molar-refractivity contribution in [3.05, 3.63) is 0 Å². The van der Waals surface area contributed by atoms with Crippen LogP contribution in [0.15, 0.2) is 0 Å². The number of carbonyl (C=O) groups is 1. The largest absolute Gasteiger partial charge is 0.465 e. The van der Waals surface area contributed by atoms with Gasteiger partial charge in [0.1, 0.15) is 6.04 Å². The van der Waals surface area contributed by atoms with Crippen molar-refractivity contribution in [1.29, 1.82) is 0 Å². The van der Waals surface area contributed by atoms with Crippen molar-refractivity contribution in [2.45, 2.75) is 57.7 Å². The topological polar surface area (TPSA) is 41.6 Å². The van der Waals surface area contributed by atoms with E-state index in [1.54, 1.807) is 0 Å². The van der Waals surface area contributed by atoms with Crippen LogP contribution in [0.1, 0.15) is 39.5 Å². The molecule has 98 valence electrons. The molecule has 4 nitrogen and oxygen atoms in total. The molecule has 0 radical (unpaired) electrons. The molecule has 2 rings (SSSR count). The summed E-state index contributed by atoms with van der Waals surface area (Å²) in [5.74, 6) is -0.0847. The van der Waals surface area contributed by atoms with Crippen molar-refractivity contribution < 1.29 is 9.53 Å². The van der Waals surface area contributed by atoms with E-state index in [-0.39, 0.29) is 12.0 Å². The van der Waals surface area contributed by atoms with E-state index >= 15 is 0 Å². The van der Waals surface area contributed by atoms with Gasteiger partial charge in [-0.1, -0.05) is 6.92 Å². The highest BCUT2D eigenvalue weighted by Gasteiger charge is 2.34. The van der Waals surface area contributed by atoms with E-state index in [2.05, 4.69) is 17.1 Å². The summed E-state index contributed by atoms with van der Waals surface area (Å²) in [5, 5.41) is 3.41. The zero-order valence-electron chi connectivity index (χ0n) is 10.9. The summed E-state index contributed by atoms with van der Waals surface area (Å²) in [4.78, 5) is 14.3. The van der Waals surface area contributed by atoms with E-state index in [0.29, 0.717) is 18.7 Å². The quantitative estimate of drug-likeness (QED) is 0.646. The highest BCUT2D eigenvalue weighted by atomic mass is 16.5. The Morgan fingerprint density at radius 2 is 2.06 bits per heavy atom. The van der Waals surface area contributed by atoms with Crippen LogP contribution in [-0.2, 0) is 9.53 Å². The minimum atomic E-state index is -0.136.